The van der Waals surface area contributed by atoms with E-state index in [-0.39, 0.29) is 5.88 Å². The van der Waals surface area contributed by atoms with Gasteiger partial charge in [0, 0.05) is 17.3 Å². The second-order valence-electron chi connectivity index (χ2n) is 3.83. The van der Waals surface area contributed by atoms with Crippen molar-refractivity contribution in [2.45, 2.75) is 13.1 Å². The van der Waals surface area contributed by atoms with Gasteiger partial charge in [-0.1, -0.05) is 6.07 Å². The van der Waals surface area contributed by atoms with E-state index in [0.717, 1.165) is 12.1 Å². The maximum Gasteiger partial charge on any atom is 0.435 e. The lowest BCUT2D eigenvalue weighted by Crippen LogP contribution is -2.09. The van der Waals surface area contributed by atoms with Crippen LogP contribution in [0.4, 0.5) is 18.9 Å². The molecular formula is C12H10F3N3O. The van der Waals surface area contributed by atoms with Crippen molar-refractivity contribution < 1.29 is 17.9 Å². The monoisotopic (exact) mass is 269 g/mol. The molecule has 0 bridgehead atoms. The Bertz CT molecular complexity index is 582. The van der Waals surface area contributed by atoms with Crippen molar-refractivity contribution in [3.63, 3.8) is 0 Å². The number of hydrogen-bond acceptors (Lipinski definition) is 4. The third-order valence-corrected chi connectivity index (χ3v) is 2.47. The van der Waals surface area contributed by atoms with Crippen LogP contribution in [-0.2, 0) is 6.18 Å². The lowest BCUT2D eigenvalue weighted by atomic mass is 10.2. The number of hydrogen-bond donors (Lipinski definition) is 1. The molecule has 1 aromatic carbocycles. The largest absolute Gasteiger partial charge is 0.437 e. The van der Waals surface area contributed by atoms with Crippen LogP contribution in [0.5, 0.6) is 11.6 Å². The van der Waals surface area contributed by atoms with E-state index >= 15 is 0 Å². The molecule has 0 aliphatic carbocycles. The summed E-state index contributed by atoms with van der Waals surface area (Å²) in [5, 5.41) is 6.45. The van der Waals surface area contributed by atoms with E-state index < -0.39 is 11.9 Å². The Morgan fingerprint density at radius 2 is 1.84 bits per heavy atom. The van der Waals surface area contributed by atoms with Gasteiger partial charge in [-0.3, -0.25) is 0 Å². The van der Waals surface area contributed by atoms with Crippen LogP contribution in [0.3, 0.4) is 0 Å². The number of benzene rings is 1. The Balaban J connectivity index is 2.23. The van der Waals surface area contributed by atoms with E-state index in [1.54, 1.807) is 25.1 Å². The first-order chi connectivity index (χ1) is 8.88. The predicted molar refractivity (Wildman–Crippen MR) is 62.7 cm³/mol. The smallest absolute Gasteiger partial charge is 0.435 e. The summed E-state index contributed by atoms with van der Waals surface area (Å²) < 4.78 is 42.2. The highest BCUT2D eigenvalue weighted by molar-refractivity contribution is 5.53. The fourth-order valence-corrected chi connectivity index (χ4v) is 1.38. The Morgan fingerprint density at radius 1 is 1.11 bits per heavy atom. The van der Waals surface area contributed by atoms with Crippen molar-refractivity contribution in [3.8, 4) is 11.6 Å². The molecular weight excluding hydrogens is 259 g/mol. The molecule has 0 aliphatic heterocycles. The Kier molecular flexibility index (Phi) is 3.28. The Hall–Kier alpha value is -2.31. The van der Waals surface area contributed by atoms with Crippen molar-refractivity contribution in [2.24, 2.45) is 0 Å². The first-order valence-corrected chi connectivity index (χ1v) is 5.32. The van der Waals surface area contributed by atoms with E-state index in [1.165, 1.54) is 0 Å². The highest BCUT2D eigenvalue weighted by atomic mass is 19.4. The summed E-state index contributed by atoms with van der Waals surface area (Å²) >= 11 is 0. The molecule has 0 aliphatic rings. The van der Waals surface area contributed by atoms with E-state index in [9.17, 15) is 13.2 Å². The number of aromatic nitrogens is 2. The van der Waals surface area contributed by atoms with Crippen LogP contribution in [-0.4, -0.2) is 10.2 Å². The summed E-state index contributed by atoms with van der Waals surface area (Å²) in [7, 11) is 0. The molecule has 0 radical (unpaired) electrons. The molecule has 2 rings (SSSR count). The number of anilines is 1. The average molecular weight is 269 g/mol. The summed E-state index contributed by atoms with van der Waals surface area (Å²) in [5.41, 5.74) is 5.83. The molecule has 4 nitrogen and oxygen atoms in total. The molecule has 0 saturated heterocycles. The molecule has 0 saturated carbocycles. The zero-order valence-electron chi connectivity index (χ0n) is 9.90. The minimum atomic E-state index is -4.52. The highest BCUT2D eigenvalue weighted by Crippen LogP contribution is 2.30. The summed E-state index contributed by atoms with van der Waals surface area (Å²) in [6.07, 6.45) is -4.52. The molecule has 7 heteroatoms. The summed E-state index contributed by atoms with van der Waals surface area (Å²) in [4.78, 5) is 0. The van der Waals surface area contributed by atoms with Gasteiger partial charge in [0.15, 0.2) is 5.69 Å². The van der Waals surface area contributed by atoms with E-state index in [1.807, 2.05) is 0 Å². The van der Waals surface area contributed by atoms with Crippen LogP contribution in [0.25, 0.3) is 0 Å². The first-order valence-electron chi connectivity index (χ1n) is 5.32. The molecule has 0 unspecified atom stereocenters. The molecule has 1 heterocycles. The maximum atomic E-state index is 12.3. The first kappa shape index (κ1) is 13.1. The quantitative estimate of drug-likeness (QED) is 0.850. The van der Waals surface area contributed by atoms with Crippen LogP contribution in [0.2, 0.25) is 0 Å². The molecule has 1 aromatic heterocycles. The van der Waals surface area contributed by atoms with Gasteiger partial charge in [0.1, 0.15) is 5.75 Å². The van der Waals surface area contributed by atoms with E-state index in [0.29, 0.717) is 17.0 Å². The standard InChI is InChI=1S/C12H10F3N3O/c1-7-8(16)3-2-4-9(7)19-11-6-5-10(17-18-11)12(13,14)15/h2-6H,16H2,1H3. The van der Waals surface area contributed by atoms with Gasteiger partial charge in [-0.05, 0) is 25.1 Å². The van der Waals surface area contributed by atoms with E-state index in [2.05, 4.69) is 10.2 Å². The summed E-state index contributed by atoms with van der Waals surface area (Å²) in [5.74, 6) is 0.399. The second-order valence-corrected chi connectivity index (χ2v) is 3.83. The van der Waals surface area contributed by atoms with Crippen LogP contribution in [0, 0.1) is 6.92 Å². The number of nitrogens with two attached hydrogens (primary N) is 1. The summed E-state index contributed by atoms with van der Waals surface area (Å²) in [6, 6.07) is 6.93. The van der Waals surface area contributed by atoms with Gasteiger partial charge in [-0.15, -0.1) is 10.2 Å². The van der Waals surface area contributed by atoms with Crippen LogP contribution < -0.4 is 10.5 Å². The lowest BCUT2D eigenvalue weighted by molar-refractivity contribution is -0.141. The van der Waals surface area contributed by atoms with Gasteiger partial charge in [0.2, 0.25) is 5.88 Å². The van der Waals surface area contributed by atoms with Crippen molar-refractivity contribution in [2.75, 3.05) is 5.73 Å². The molecule has 0 fully saturated rings. The van der Waals surface area contributed by atoms with Crippen molar-refractivity contribution in [1.82, 2.24) is 10.2 Å². The van der Waals surface area contributed by atoms with Gasteiger partial charge in [0.25, 0.3) is 0 Å². The topological polar surface area (TPSA) is 61.0 Å². The number of alkyl halides is 3. The third kappa shape index (κ3) is 2.93. The number of ether oxygens (including phenoxy) is 1. The molecule has 100 valence electrons. The lowest BCUT2D eigenvalue weighted by Gasteiger charge is -2.09. The molecule has 2 N–H and O–H groups in total. The fraction of sp³-hybridized carbons (Fsp3) is 0.167. The van der Waals surface area contributed by atoms with Crippen molar-refractivity contribution >= 4 is 5.69 Å². The van der Waals surface area contributed by atoms with Gasteiger partial charge in [0.05, 0.1) is 0 Å². The van der Waals surface area contributed by atoms with Crippen LogP contribution >= 0.6 is 0 Å². The molecule has 19 heavy (non-hydrogen) atoms. The number of nitrogens with zero attached hydrogens (tertiary/aromatic N) is 2. The minimum absolute atomic E-state index is 0.0262. The highest BCUT2D eigenvalue weighted by Gasteiger charge is 2.32. The predicted octanol–water partition coefficient (Wildman–Crippen LogP) is 3.18. The molecule has 0 amide bonds. The SMILES string of the molecule is Cc1c(N)cccc1Oc1ccc(C(F)(F)F)nn1. The van der Waals surface area contributed by atoms with Crippen LogP contribution in [0.15, 0.2) is 30.3 Å². The maximum absolute atomic E-state index is 12.3. The summed E-state index contributed by atoms with van der Waals surface area (Å²) in [6.45, 7) is 1.74. The van der Waals surface area contributed by atoms with Crippen molar-refractivity contribution in [3.05, 3.63) is 41.6 Å². The van der Waals surface area contributed by atoms with Gasteiger partial charge < -0.3 is 10.5 Å². The van der Waals surface area contributed by atoms with Crippen LogP contribution in [0.1, 0.15) is 11.3 Å². The number of halogens is 3. The fourth-order valence-electron chi connectivity index (χ4n) is 1.38. The Labute approximate surface area is 107 Å². The average Bonchev–Trinajstić information content (AvgIpc) is 2.35. The second kappa shape index (κ2) is 4.75. The zero-order valence-corrected chi connectivity index (χ0v) is 9.90. The van der Waals surface area contributed by atoms with Crippen molar-refractivity contribution in [1.29, 1.82) is 0 Å². The molecule has 2 aromatic rings. The minimum Gasteiger partial charge on any atom is -0.437 e. The molecule has 0 atom stereocenters. The number of rotatable bonds is 2. The normalized spacial score (nSPS) is 11.4. The van der Waals surface area contributed by atoms with Gasteiger partial charge in [-0.2, -0.15) is 13.2 Å². The van der Waals surface area contributed by atoms with Gasteiger partial charge in [-0.25, -0.2) is 0 Å². The molecule has 0 spiro atoms. The van der Waals surface area contributed by atoms with E-state index in [4.69, 9.17) is 10.5 Å². The number of nitrogen functional groups attached to an aromatic ring is 1. The third-order valence-electron chi connectivity index (χ3n) is 2.47. The van der Waals surface area contributed by atoms with Gasteiger partial charge >= 0.3 is 6.18 Å². The Morgan fingerprint density at radius 3 is 2.42 bits per heavy atom. The zero-order chi connectivity index (χ0) is 14.0.